The minimum Gasteiger partial charge on any atom is -0.456 e. The zero-order chi connectivity index (χ0) is 14.7. The summed E-state index contributed by atoms with van der Waals surface area (Å²) in [6.07, 6.45) is 4.22. The highest BCUT2D eigenvalue weighted by atomic mass is 16.3. The molecule has 0 bridgehead atoms. The second-order valence-electron chi connectivity index (χ2n) is 5.85. The summed E-state index contributed by atoms with van der Waals surface area (Å²) in [5.74, 6) is 0. The average molecular weight is 284 g/mol. The van der Waals surface area contributed by atoms with Crippen molar-refractivity contribution in [1.29, 1.82) is 0 Å². The van der Waals surface area contributed by atoms with Crippen molar-refractivity contribution < 1.29 is 8.82 Å². The Labute approximate surface area is 127 Å². The van der Waals surface area contributed by atoms with E-state index < -0.39 is 0 Å². The molecule has 0 atom stereocenters. The monoisotopic (exact) mass is 284 g/mol. The van der Waals surface area contributed by atoms with Crippen molar-refractivity contribution >= 4 is 38.2 Å². The Morgan fingerprint density at radius 2 is 1.64 bits per heavy atom. The lowest BCUT2D eigenvalue weighted by molar-refractivity contribution is -0.510. The number of fused-ring (bicyclic) bond motifs is 6. The summed E-state index contributed by atoms with van der Waals surface area (Å²) in [5, 5.41) is 4.82. The van der Waals surface area contributed by atoms with E-state index in [2.05, 4.69) is 66.2 Å². The Bertz CT molecular complexity index is 1180. The maximum absolute atomic E-state index is 6.03. The van der Waals surface area contributed by atoms with Crippen LogP contribution in [0.25, 0.3) is 38.2 Å². The summed E-state index contributed by atoms with van der Waals surface area (Å²) in [6.45, 7) is 2.12. The van der Waals surface area contributed by atoms with Gasteiger partial charge in [0.1, 0.15) is 11.2 Å². The average Bonchev–Trinajstić information content (AvgIpc) is 2.90. The summed E-state index contributed by atoms with van der Waals surface area (Å²) >= 11 is 0. The lowest BCUT2D eigenvalue weighted by Gasteiger charge is -2.00. The molecule has 2 nitrogen and oxygen atoms in total. The van der Waals surface area contributed by atoms with Crippen molar-refractivity contribution in [2.75, 3.05) is 0 Å². The highest BCUT2D eigenvalue weighted by Crippen LogP contribution is 2.32. The van der Waals surface area contributed by atoms with E-state index >= 15 is 0 Å². The lowest BCUT2D eigenvalue weighted by atomic mass is 10.1. The van der Waals surface area contributed by atoms with E-state index in [9.17, 15) is 0 Å². The molecule has 0 saturated heterocycles. The number of aryl methyl sites for hydroxylation is 1. The third-order valence-electron chi connectivity index (χ3n) is 4.38. The molecule has 0 aliphatic rings. The van der Waals surface area contributed by atoms with Crippen LogP contribution in [0.1, 0.15) is 5.56 Å². The highest BCUT2D eigenvalue weighted by molar-refractivity contribution is 6.11. The summed E-state index contributed by atoms with van der Waals surface area (Å²) in [5.41, 5.74) is 4.36. The Kier molecular flexibility index (Phi) is 2.18. The Hall–Kier alpha value is -2.87. The summed E-state index contributed by atoms with van der Waals surface area (Å²) in [4.78, 5) is 0. The molecule has 0 spiro atoms. The van der Waals surface area contributed by atoms with Gasteiger partial charge in [-0.25, -0.2) is 0 Å². The van der Waals surface area contributed by atoms with Gasteiger partial charge in [-0.15, -0.1) is 0 Å². The third-order valence-corrected chi connectivity index (χ3v) is 4.38. The number of nitrogens with zero attached hydrogens (tertiary/aromatic N) is 1. The second-order valence-corrected chi connectivity index (χ2v) is 5.85. The van der Waals surface area contributed by atoms with E-state index in [1.807, 2.05) is 12.1 Å². The smallest absolute Gasteiger partial charge is 0.218 e. The number of pyridine rings is 2. The molecule has 3 heterocycles. The van der Waals surface area contributed by atoms with E-state index in [4.69, 9.17) is 4.42 Å². The zero-order valence-electron chi connectivity index (χ0n) is 12.2. The molecular formula is C20H14NO+. The molecule has 0 aliphatic carbocycles. The molecule has 2 aromatic carbocycles. The van der Waals surface area contributed by atoms with Crippen LogP contribution < -0.4 is 4.40 Å². The van der Waals surface area contributed by atoms with Gasteiger partial charge in [-0.2, -0.15) is 4.40 Å². The molecular weight excluding hydrogens is 270 g/mol. The van der Waals surface area contributed by atoms with Gasteiger partial charge in [0.05, 0.1) is 5.39 Å². The maximum atomic E-state index is 6.03. The molecule has 0 aliphatic heterocycles. The SMILES string of the molecule is Cc1cc[n+]2ccc3cc4c(cc3c2c1)oc1ccccc14. The van der Waals surface area contributed by atoms with Gasteiger partial charge in [0.2, 0.25) is 5.52 Å². The van der Waals surface area contributed by atoms with Crippen LogP contribution in [0.15, 0.2) is 71.4 Å². The number of rotatable bonds is 0. The van der Waals surface area contributed by atoms with Gasteiger partial charge in [0.15, 0.2) is 12.4 Å². The summed E-state index contributed by atoms with van der Waals surface area (Å²) in [6, 6.07) is 19.1. The van der Waals surface area contributed by atoms with Crippen LogP contribution in [-0.4, -0.2) is 0 Å². The van der Waals surface area contributed by atoms with Crippen LogP contribution in [0.4, 0.5) is 0 Å². The molecule has 0 radical (unpaired) electrons. The van der Waals surface area contributed by atoms with Gasteiger partial charge in [-0.3, -0.25) is 0 Å². The lowest BCUT2D eigenvalue weighted by Crippen LogP contribution is -2.20. The predicted molar refractivity (Wildman–Crippen MR) is 89.1 cm³/mol. The van der Waals surface area contributed by atoms with Gasteiger partial charge < -0.3 is 4.42 Å². The van der Waals surface area contributed by atoms with Gasteiger partial charge in [-0.1, -0.05) is 18.2 Å². The van der Waals surface area contributed by atoms with E-state index in [1.54, 1.807) is 0 Å². The number of para-hydroxylation sites is 1. The third kappa shape index (κ3) is 1.52. The first-order valence-corrected chi connectivity index (χ1v) is 7.45. The predicted octanol–water partition coefficient (Wildman–Crippen LogP) is 4.79. The fourth-order valence-electron chi connectivity index (χ4n) is 3.27. The fraction of sp³-hybridized carbons (Fsp3) is 0.0500. The molecule has 22 heavy (non-hydrogen) atoms. The number of hydrogen-bond donors (Lipinski definition) is 0. The molecule has 3 aromatic heterocycles. The van der Waals surface area contributed by atoms with Gasteiger partial charge in [-0.05, 0) is 36.1 Å². The standard InChI is InChI=1S/C20H14NO/c1-13-6-8-21-9-7-14-11-17-15-4-2-3-5-19(15)22-20(17)12-16(14)18(21)10-13/h2-12H,1H3/q+1. The van der Waals surface area contributed by atoms with Crippen molar-refractivity contribution in [3.8, 4) is 0 Å². The van der Waals surface area contributed by atoms with Gasteiger partial charge >= 0.3 is 0 Å². The van der Waals surface area contributed by atoms with Crippen molar-refractivity contribution in [1.82, 2.24) is 0 Å². The fourth-order valence-corrected chi connectivity index (χ4v) is 3.27. The first kappa shape index (κ1) is 11.8. The molecule has 5 aromatic rings. The topological polar surface area (TPSA) is 17.2 Å². The van der Waals surface area contributed by atoms with Crippen molar-refractivity contribution in [3.05, 3.63) is 72.6 Å². The van der Waals surface area contributed by atoms with Gasteiger partial charge in [0.25, 0.3) is 0 Å². The molecule has 0 fully saturated rings. The Morgan fingerprint density at radius 1 is 0.773 bits per heavy atom. The number of aromatic nitrogens is 1. The first-order chi connectivity index (χ1) is 10.8. The molecule has 0 amide bonds. The number of hydrogen-bond acceptors (Lipinski definition) is 1. The Morgan fingerprint density at radius 3 is 2.59 bits per heavy atom. The molecule has 2 heteroatoms. The Balaban J connectivity index is 2.02. The summed E-state index contributed by atoms with van der Waals surface area (Å²) < 4.78 is 8.19. The molecule has 5 rings (SSSR count). The van der Waals surface area contributed by atoms with E-state index in [0.29, 0.717) is 0 Å². The van der Waals surface area contributed by atoms with E-state index in [-0.39, 0.29) is 0 Å². The van der Waals surface area contributed by atoms with Crippen LogP contribution in [0.3, 0.4) is 0 Å². The second kappa shape index (κ2) is 4.08. The minimum atomic E-state index is 0.945. The largest absolute Gasteiger partial charge is 0.456 e. The van der Waals surface area contributed by atoms with E-state index in [1.165, 1.54) is 32.6 Å². The molecule has 0 N–H and O–H groups in total. The number of furan rings is 1. The van der Waals surface area contributed by atoms with Crippen molar-refractivity contribution in [2.45, 2.75) is 6.92 Å². The van der Waals surface area contributed by atoms with Crippen LogP contribution in [0, 0.1) is 6.92 Å². The van der Waals surface area contributed by atoms with Crippen molar-refractivity contribution in [2.24, 2.45) is 0 Å². The normalized spacial score (nSPS) is 11.9. The molecule has 0 saturated carbocycles. The zero-order valence-corrected chi connectivity index (χ0v) is 12.2. The number of benzene rings is 2. The maximum Gasteiger partial charge on any atom is 0.218 e. The van der Waals surface area contributed by atoms with Crippen LogP contribution >= 0.6 is 0 Å². The first-order valence-electron chi connectivity index (χ1n) is 7.45. The quantitative estimate of drug-likeness (QED) is 0.295. The summed E-state index contributed by atoms with van der Waals surface area (Å²) in [7, 11) is 0. The highest BCUT2D eigenvalue weighted by Gasteiger charge is 2.12. The van der Waals surface area contributed by atoms with Crippen LogP contribution in [-0.2, 0) is 0 Å². The van der Waals surface area contributed by atoms with E-state index in [0.717, 1.165) is 11.2 Å². The molecule has 104 valence electrons. The van der Waals surface area contributed by atoms with Gasteiger partial charge in [0, 0.05) is 29.0 Å². The van der Waals surface area contributed by atoms with Crippen LogP contribution in [0.2, 0.25) is 0 Å². The van der Waals surface area contributed by atoms with Crippen molar-refractivity contribution in [3.63, 3.8) is 0 Å². The van der Waals surface area contributed by atoms with Crippen LogP contribution in [0.5, 0.6) is 0 Å². The minimum absolute atomic E-state index is 0.945. The molecule has 0 unspecified atom stereocenters.